The molecule has 1 amide bonds. The Labute approximate surface area is 153 Å². The van der Waals surface area contributed by atoms with E-state index in [1.54, 1.807) is 11.8 Å². The highest BCUT2D eigenvalue weighted by molar-refractivity contribution is 8.23. The van der Waals surface area contributed by atoms with Crippen LogP contribution in [0.3, 0.4) is 0 Å². The second-order valence-corrected chi connectivity index (χ2v) is 7.80. The summed E-state index contributed by atoms with van der Waals surface area (Å²) >= 11 is 12.7. The summed E-state index contributed by atoms with van der Waals surface area (Å²) in [6, 6.07) is 10.5. The van der Waals surface area contributed by atoms with Gasteiger partial charge in [0.05, 0.1) is 6.04 Å². The van der Waals surface area contributed by atoms with E-state index < -0.39 is 0 Å². The second kappa shape index (κ2) is 9.45. The summed E-state index contributed by atoms with van der Waals surface area (Å²) in [6.07, 6.45) is 6.30. The van der Waals surface area contributed by atoms with Gasteiger partial charge in [-0.05, 0) is 24.3 Å². The fraction of sp³-hybridized carbons (Fsp3) is 0.444. The maximum atomic E-state index is 12.7. The fourth-order valence-corrected chi connectivity index (χ4v) is 4.21. The number of hydrogen-bond donors (Lipinski definition) is 0. The van der Waals surface area contributed by atoms with Gasteiger partial charge in [0.15, 0.2) is 0 Å². The number of halogens is 1. The second-order valence-electron chi connectivity index (χ2n) is 5.77. The third kappa shape index (κ3) is 5.63. The summed E-state index contributed by atoms with van der Waals surface area (Å²) in [4.78, 5) is 14.5. The molecule has 0 bridgehead atoms. The van der Waals surface area contributed by atoms with E-state index in [0.717, 1.165) is 18.6 Å². The number of amides is 1. The Morgan fingerprint density at radius 3 is 2.91 bits per heavy atom. The normalized spacial score (nSPS) is 19.5. The minimum atomic E-state index is 0.129. The number of nitrogens with zero attached hydrogens (tertiary/aromatic N) is 1. The summed E-state index contributed by atoms with van der Waals surface area (Å²) in [5.74, 6) is 1.83. The van der Waals surface area contributed by atoms with Gasteiger partial charge in [-0.15, -0.1) is 11.6 Å². The van der Waals surface area contributed by atoms with Gasteiger partial charge in [-0.25, -0.2) is 0 Å². The first-order chi connectivity index (χ1) is 11.1. The lowest BCUT2D eigenvalue weighted by atomic mass is 10.0. The Balaban J connectivity index is 1.97. The molecule has 1 aromatic carbocycles. The number of allylic oxidation sites excluding steroid dienone is 2. The summed E-state index contributed by atoms with van der Waals surface area (Å²) in [5, 5.41) is 0. The van der Waals surface area contributed by atoms with Crippen molar-refractivity contribution in [1.82, 2.24) is 4.90 Å². The van der Waals surface area contributed by atoms with Crippen LogP contribution in [-0.4, -0.2) is 32.8 Å². The molecule has 1 saturated heterocycles. The molecule has 2 atom stereocenters. The summed E-state index contributed by atoms with van der Waals surface area (Å²) in [6.45, 7) is 2.06. The fourth-order valence-electron chi connectivity index (χ4n) is 2.64. The standard InChI is InChI=1S/C18H22ClNOS2/c1-14(7-5-6-10-19)11-17(21)20-16(13-23-18(20)22)12-15-8-3-2-4-9-15/h2-5,7-9,14,16H,6,10-13H2,1H3/b7-5+/t14-,16-/m1/s1. The molecule has 1 aliphatic rings. The molecule has 1 aliphatic heterocycles. The van der Waals surface area contributed by atoms with Crippen molar-refractivity contribution >= 4 is 45.8 Å². The molecule has 5 heteroatoms. The van der Waals surface area contributed by atoms with Crippen molar-refractivity contribution in [3.05, 3.63) is 48.0 Å². The van der Waals surface area contributed by atoms with Crippen LogP contribution in [0.5, 0.6) is 0 Å². The molecular formula is C18H22ClNOS2. The third-order valence-electron chi connectivity index (χ3n) is 3.78. The first kappa shape index (κ1) is 18.5. The van der Waals surface area contributed by atoms with Crippen molar-refractivity contribution in [2.45, 2.75) is 32.2 Å². The van der Waals surface area contributed by atoms with Crippen molar-refractivity contribution in [2.75, 3.05) is 11.6 Å². The first-order valence-corrected chi connectivity index (χ1v) is 9.80. The van der Waals surface area contributed by atoms with E-state index in [1.165, 1.54) is 5.56 Å². The smallest absolute Gasteiger partial charge is 0.228 e. The maximum Gasteiger partial charge on any atom is 0.228 e. The Morgan fingerprint density at radius 2 is 2.22 bits per heavy atom. The summed E-state index contributed by atoms with van der Waals surface area (Å²) < 4.78 is 0.716. The molecule has 2 rings (SSSR count). The van der Waals surface area contributed by atoms with Crippen molar-refractivity contribution < 1.29 is 4.79 Å². The highest BCUT2D eigenvalue weighted by atomic mass is 35.5. The van der Waals surface area contributed by atoms with Gasteiger partial charge in [-0.3, -0.25) is 9.69 Å². The van der Waals surface area contributed by atoms with Gasteiger partial charge in [-0.2, -0.15) is 0 Å². The number of alkyl halides is 1. The lowest BCUT2D eigenvalue weighted by Gasteiger charge is -2.24. The predicted octanol–water partition coefficient (Wildman–Crippen LogP) is 4.67. The van der Waals surface area contributed by atoms with Crippen LogP contribution in [0, 0.1) is 5.92 Å². The molecule has 1 aromatic rings. The van der Waals surface area contributed by atoms with Gasteiger partial charge < -0.3 is 0 Å². The average molecular weight is 368 g/mol. The zero-order valence-corrected chi connectivity index (χ0v) is 15.7. The molecule has 23 heavy (non-hydrogen) atoms. The van der Waals surface area contributed by atoms with Gasteiger partial charge in [-0.1, -0.05) is 73.4 Å². The van der Waals surface area contributed by atoms with E-state index >= 15 is 0 Å². The zero-order chi connectivity index (χ0) is 16.7. The maximum absolute atomic E-state index is 12.7. The number of carbonyl (C=O) groups excluding carboxylic acids is 1. The molecule has 0 radical (unpaired) electrons. The Morgan fingerprint density at radius 1 is 1.48 bits per heavy atom. The van der Waals surface area contributed by atoms with Crippen LogP contribution in [0.1, 0.15) is 25.3 Å². The predicted molar refractivity (Wildman–Crippen MR) is 104 cm³/mol. The van der Waals surface area contributed by atoms with Gasteiger partial charge in [0.1, 0.15) is 4.32 Å². The van der Waals surface area contributed by atoms with E-state index in [4.69, 9.17) is 23.8 Å². The van der Waals surface area contributed by atoms with Crippen LogP contribution in [0.2, 0.25) is 0 Å². The minimum absolute atomic E-state index is 0.129. The van der Waals surface area contributed by atoms with Crippen LogP contribution in [-0.2, 0) is 11.2 Å². The quantitative estimate of drug-likeness (QED) is 0.397. The monoisotopic (exact) mass is 367 g/mol. The molecule has 0 saturated carbocycles. The molecule has 0 N–H and O–H groups in total. The van der Waals surface area contributed by atoms with Crippen LogP contribution < -0.4 is 0 Å². The van der Waals surface area contributed by atoms with Crippen molar-refractivity contribution in [2.24, 2.45) is 5.92 Å². The van der Waals surface area contributed by atoms with Gasteiger partial charge in [0, 0.05) is 18.1 Å². The highest BCUT2D eigenvalue weighted by Crippen LogP contribution is 2.28. The number of thioether (sulfide) groups is 1. The lowest BCUT2D eigenvalue weighted by Crippen LogP contribution is -2.40. The van der Waals surface area contributed by atoms with Crippen LogP contribution in [0.4, 0.5) is 0 Å². The summed E-state index contributed by atoms with van der Waals surface area (Å²) in [5.41, 5.74) is 1.25. The number of benzene rings is 1. The zero-order valence-electron chi connectivity index (χ0n) is 13.3. The molecule has 1 heterocycles. The average Bonchev–Trinajstić information content (AvgIpc) is 2.89. The lowest BCUT2D eigenvalue weighted by molar-refractivity contribution is -0.128. The van der Waals surface area contributed by atoms with Crippen LogP contribution in [0.15, 0.2) is 42.5 Å². The van der Waals surface area contributed by atoms with Crippen LogP contribution in [0.25, 0.3) is 0 Å². The van der Waals surface area contributed by atoms with E-state index in [9.17, 15) is 4.79 Å². The molecule has 0 aliphatic carbocycles. The van der Waals surface area contributed by atoms with Gasteiger partial charge in [0.25, 0.3) is 0 Å². The van der Waals surface area contributed by atoms with E-state index in [0.29, 0.717) is 16.6 Å². The van der Waals surface area contributed by atoms with E-state index in [-0.39, 0.29) is 17.9 Å². The number of carbonyl (C=O) groups is 1. The molecule has 0 unspecified atom stereocenters. The first-order valence-electron chi connectivity index (χ1n) is 7.87. The van der Waals surface area contributed by atoms with Gasteiger partial charge >= 0.3 is 0 Å². The Hall–Kier alpha value is -0.840. The number of thiocarbonyl (C=S) groups is 1. The molecule has 1 fully saturated rings. The van der Waals surface area contributed by atoms with Crippen LogP contribution >= 0.6 is 35.6 Å². The minimum Gasteiger partial charge on any atom is -0.293 e. The van der Waals surface area contributed by atoms with E-state index in [2.05, 4.69) is 25.1 Å². The number of hydrogen-bond acceptors (Lipinski definition) is 3. The third-order valence-corrected chi connectivity index (χ3v) is 5.54. The van der Waals surface area contributed by atoms with Crippen molar-refractivity contribution in [3.63, 3.8) is 0 Å². The van der Waals surface area contributed by atoms with E-state index in [1.807, 2.05) is 29.2 Å². The molecule has 124 valence electrons. The summed E-state index contributed by atoms with van der Waals surface area (Å²) in [7, 11) is 0. The molecule has 0 spiro atoms. The molecule has 2 nitrogen and oxygen atoms in total. The largest absolute Gasteiger partial charge is 0.293 e. The highest BCUT2D eigenvalue weighted by Gasteiger charge is 2.33. The Bertz CT molecular complexity index is 561. The Kier molecular flexibility index (Phi) is 7.60. The van der Waals surface area contributed by atoms with Crippen molar-refractivity contribution in [3.8, 4) is 0 Å². The molecule has 0 aromatic heterocycles. The van der Waals surface area contributed by atoms with Gasteiger partial charge in [0.2, 0.25) is 5.91 Å². The SMILES string of the molecule is C[C@H](/C=C/CCCl)CC(=O)N1C(=S)SC[C@H]1Cc1ccccc1. The molecular weight excluding hydrogens is 346 g/mol. The van der Waals surface area contributed by atoms with Crippen molar-refractivity contribution in [1.29, 1.82) is 0 Å². The topological polar surface area (TPSA) is 20.3 Å². The number of rotatable bonds is 7.